The van der Waals surface area contributed by atoms with Gasteiger partial charge in [0.05, 0.1) is 28.4 Å². The number of methoxy groups -OCH3 is 2. The fourth-order valence-electron chi connectivity index (χ4n) is 5.06. The molecule has 30 heavy (non-hydrogen) atoms. The summed E-state index contributed by atoms with van der Waals surface area (Å²) in [5.74, 6) is -0.320. The highest BCUT2D eigenvalue weighted by Gasteiger charge is 2.43. The normalized spacial score (nSPS) is 23.6. The van der Waals surface area contributed by atoms with E-state index < -0.39 is 6.04 Å². The molecule has 2 atom stereocenters. The van der Waals surface area contributed by atoms with Crippen molar-refractivity contribution in [3.63, 3.8) is 0 Å². The van der Waals surface area contributed by atoms with E-state index in [1.807, 2.05) is 18.2 Å². The summed E-state index contributed by atoms with van der Waals surface area (Å²) in [5.41, 5.74) is 0.942. The number of esters is 1. The van der Waals surface area contributed by atoms with E-state index in [0.29, 0.717) is 19.4 Å². The van der Waals surface area contributed by atoms with Crippen molar-refractivity contribution in [2.75, 3.05) is 20.8 Å². The SMILES string of the molecule is COC(=O)C1CC(OC)CN1C(=O)CC1(Cc2nc3ccccc3s2)CCCCC1. The van der Waals surface area contributed by atoms with Gasteiger partial charge in [0.1, 0.15) is 6.04 Å². The number of thiazole rings is 1. The van der Waals surface area contributed by atoms with Crippen LogP contribution in [0.3, 0.4) is 0 Å². The maximum atomic E-state index is 13.4. The van der Waals surface area contributed by atoms with E-state index in [2.05, 4.69) is 6.07 Å². The summed E-state index contributed by atoms with van der Waals surface area (Å²) in [6.07, 6.45) is 7.20. The molecule has 7 heteroatoms. The molecule has 1 amide bonds. The van der Waals surface area contributed by atoms with Crippen molar-refractivity contribution >= 4 is 33.4 Å². The molecule has 2 aliphatic rings. The third-order valence-corrected chi connectivity index (χ3v) is 7.73. The van der Waals surface area contributed by atoms with Gasteiger partial charge in [0.15, 0.2) is 0 Å². The van der Waals surface area contributed by atoms with E-state index in [-0.39, 0.29) is 23.4 Å². The minimum Gasteiger partial charge on any atom is -0.467 e. The van der Waals surface area contributed by atoms with Gasteiger partial charge >= 0.3 is 5.97 Å². The molecule has 0 N–H and O–H groups in total. The van der Waals surface area contributed by atoms with Gasteiger partial charge in [0, 0.05) is 32.9 Å². The number of carbonyl (C=O) groups excluding carboxylic acids is 2. The van der Waals surface area contributed by atoms with Crippen molar-refractivity contribution in [2.45, 2.75) is 63.5 Å². The average Bonchev–Trinajstić information content (AvgIpc) is 3.37. The van der Waals surface area contributed by atoms with Crippen LogP contribution in [0.5, 0.6) is 0 Å². The van der Waals surface area contributed by atoms with E-state index in [9.17, 15) is 9.59 Å². The summed E-state index contributed by atoms with van der Waals surface area (Å²) in [6.45, 7) is 0.451. The molecule has 1 aromatic carbocycles. The Morgan fingerprint density at radius 2 is 1.97 bits per heavy atom. The maximum absolute atomic E-state index is 13.4. The van der Waals surface area contributed by atoms with Crippen LogP contribution >= 0.6 is 11.3 Å². The summed E-state index contributed by atoms with van der Waals surface area (Å²) in [4.78, 5) is 32.2. The van der Waals surface area contributed by atoms with Gasteiger partial charge in [0.2, 0.25) is 5.91 Å². The first-order chi connectivity index (χ1) is 14.5. The van der Waals surface area contributed by atoms with Crippen LogP contribution in [0.15, 0.2) is 24.3 Å². The molecular formula is C23H30N2O4S. The van der Waals surface area contributed by atoms with Crippen molar-refractivity contribution in [1.82, 2.24) is 9.88 Å². The Kier molecular flexibility index (Phi) is 6.39. The number of hydrogen-bond donors (Lipinski definition) is 0. The zero-order chi connectivity index (χ0) is 21.1. The first kappa shape index (κ1) is 21.2. The molecule has 162 valence electrons. The molecule has 1 aliphatic heterocycles. The van der Waals surface area contributed by atoms with E-state index in [4.69, 9.17) is 14.5 Å². The molecule has 0 bridgehead atoms. The fourth-order valence-corrected chi connectivity index (χ4v) is 6.20. The van der Waals surface area contributed by atoms with Crippen molar-refractivity contribution in [1.29, 1.82) is 0 Å². The number of nitrogens with zero attached hydrogens (tertiary/aromatic N) is 2. The molecule has 1 aliphatic carbocycles. The van der Waals surface area contributed by atoms with Gasteiger partial charge in [-0.1, -0.05) is 31.4 Å². The van der Waals surface area contributed by atoms with Gasteiger partial charge in [-0.2, -0.15) is 0 Å². The van der Waals surface area contributed by atoms with Crippen LogP contribution in [0.4, 0.5) is 0 Å². The monoisotopic (exact) mass is 430 g/mol. The van der Waals surface area contributed by atoms with Crippen LogP contribution in [-0.2, 0) is 25.5 Å². The number of benzene rings is 1. The summed E-state index contributed by atoms with van der Waals surface area (Å²) < 4.78 is 11.6. The topological polar surface area (TPSA) is 68.7 Å². The number of ether oxygens (including phenoxy) is 2. The molecule has 6 nitrogen and oxygen atoms in total. The minimum atomic E-state index is -0.546. The van der Waals surface area contributed by atoms with Crippen LogP contribution in [-0.4, -0.2) is 54.7 Å². The Bertz CT molecular complexity index is 872. The molecule has 1 aromatic heterocycles. The van der Waals surface area contributed by atoms with E-state index >= 15 is 0 Å². The molecule has 2 heterocycles. The number of aromatic nitrogens is 1. The number of para-hydroxylation sites is 1. The van der Waals surface area contributed by atoms with E-state index in [0.717, 1.165) is 42.6 Å². The quantitative estimate of drug-likeness (QED) is 0.649. The number of likely N-dealkylation sites (tertiary alicyclic amines) is 1. The number of hydrogen-bond acceptors (Lipinski definition) is 6. The maximum Gasteiger partial charge on any atom is 0.328 e. The zero-order valence-corrected chi connectivity index (χ0v) is 18.6. The van der Waals surface area contributed by atoms with Crippen molar-refractivity contribution in [3.05, 3.63) is 29.3 Å². The van der Waals surface area contributed by atoms with Crippen molar-refractivity contribution < 1.29 is 19.1 Å². The van der Waals surface area contributed by atoms with Gasteiger partial charge in [-0.3, -0.25) is 4.79 Å². The Morgan fingerprint density at radius 3 is 2.67 bits per heavy atom. The lowest BCUT2D eigenvalue weighted by molar-refractivity contribution is -0.152. The van der Waals surface area contributed by atoms with Gasteiger partial charge in [-0.15, -0.1) is 11.3 Å². The van der Waals surface area contributed by atoms with E-state index in [1.165, 1.54) is 18.2 Å². The summed E-state index contributed by atoms with van der Waals surface area (Å²) in [6, 6.07) is 7.65. The minimum absolute atomic E-state index is 0.0351. The molecule has 2 unspecified atom stereocenters. The predicted octanol–water partition coefficient (Wildman–Crippen LogP) is 3.97. The fraction of sp³-hybridized carbons (Fsp3) is 0.609. The second-order valence-corrected chi connectivity index (χ2v) is 9.78. The van der Waals surface area contributed by atoms with Gasteiger partial charge in [-0.25, -0.2) is 9.78 Å². The molecule has 1 saturated heterocycles. The lowest BCUT2D eigenvalue weighted by Gasteiger charge is -2.38. The molecule has 2 fully saturated rings. The Labute approximate surface area is 181 Å². The van der Waals surface area contributed by atoms with Crippen molar-refractivity contribution in [2.24, 2.45) is 5.41 Å². The van der Waals surface area contributed by atoms with Crippen LogP contribution in [0, 0.1) is 5.41 Å². The molecular weight excluding hydrogens is 400 g/mol. The molecule has 1 saturated carbocycles. The average molecular weight is 431 g/mol. The smallest absolute Gasteiger partial charge is 0.328 e. The Balaban J connectivity index is 1.54. The third-order valence-electron chi connectivity index (χ3n) is 6.69. The zero-order valence-electron chi connectivity index (χ0n) is 17.8. The van der Waals surface area contributed by atoms with Crippen LogP contribution in [0.25, 0.3) is 10.2 Å². The van der Waals surface area contributed by atoms with Crippen molar-refractivity contribution in [3.8, 4) is 0 Å². The first-order valence-electron chi connectivity index (χ1n) is 10.8. The Morgan fingerprint density at radius 1 is 1.20 bits per heavy atom. The van der Waals surface area contributed by atoms with Gasteiger partial charge < -0.3 is 14.4 Å². The number of fused-ring (bicyclic) bond motifs is 1. The van der Waals surface area contributed by atoms with Gasteiger partial charge in [0.25, 0.3) is 0 Å². The molecule has 4 rings (SSSR count). The summed E-state index contributed by atoms with van der Waals surface area (Å²) in [5, 5.41) is 1.10. The lowest BCUT2D eigenvalue weighted by atomic mass is 9.69. The highest BCUT2D eigenvalue weighted by atomic mass is 32.1. The second-order valence-electron chi connectivity index (χ2n) is 8.67. The van der Waals surface area contributed by atoms with E-state index in [1.54, 1.807) is 23.3 Å². The van der Waals surface area contributed by atoms with Crippen LogP contribution < -0.4 is 0 Å². The highest BCUT2D eigenvalue weighted by molar-refractivity contribution is 7.18. The lowest BCUT2D eigenvalue weighted by Crippen LogP contribution is -2.44. The standard InChI is InChI=1S/C23H30N2O4S/c1-28-16-12-18(22(27)29-2)25(15-16)21(26)14-23(10-6-3-7-11-23)13-20-24-17-8-4-5-9-19(17)30-20/h4-5,8-9,16,18H,3,6-7,10-15H2,1-2H3. The highest BCUT2D eigenvalue weighted by Crippen LogP contribution is 2.44. The molecule has 0 spiro atoms. The summed E-state index contributed by atoms with van der Waals surface area (Å²) in [7, 11) is 3.00. The van der Waals surface area contributed by atoms with Gasteiger partial charge in [-0.05, 0) is 30.4 Å². The first-order valence-corrected chi connectivity index (χ1v) is 11.6. The summed E-state index contributed by atoms with van der Waals surface area (Å²) >= 11 is 1.73. The predicted molar refractivity (Wildman–Crippen MR) is 116 cm³/mol. The third kappa shape index (κ3) is 4.37. The largest absolute Gasteiger partial charge is 0.467 e. The second kappa shape index (κ2) is 9.02. The van der Waals surface area contributed by atoms with Crippen LogP contribution in [0.1, 0.15) is 50.0 Å². The number of carbonyl (C=O) groups is 2. The Hall–Kier alpha value is -1.99. The molecule has 0 radical (unpaired) electrons. The molecule has 2 aromatic rings. The number of amides is 1. The van der Waals surface area contributed by atoms with Crippen LogP contribution in [0.2, 0.25) is 0 Å². The number of rotatable bonds is 6.